The summed E-state index contributed by atoms with van der Waals surface area (Å²) in [5, 5.41) is 1.14. The molecule has 2 nitrogen and oxygen atoms in total. The van der Waals surface area contributed by atoms with Gasteiger partial charge in [-0.25, -0.2) is 0 Å². The summed E-state index contributed by atoms with van der Waals surface area (Å²) < 4.78 is 6.06. The minimum atomic E-state index is 0.571. The maximum Gasteiger partial charge on any atom is 0.0713 e. The highest BCUT2D eigenvalue weighted by Gasteiger charge is 2.12. The summed E-state index contributed by atoms with van der Waals surface area (Å²) in [6.45, 7) is 0. The van der Waals surface area contributed by atoms with Gasteiger partial charge in [0, 0.05) is 0 Å². The smallest absolute Gasteiger partial charge is 0.0713 e. The van der Waals surface area contributed by atoms with E-state index in [9.17, 15) is 0 Å². The van der Waals surface area contributed by atoms with E-state index in [1.165, 1.54) is 12.1 Å². The second-order valence-electron chi connectivity index (χ2n) is 2.12. The third kappa shape index (κ3) is 1.24. The van der Waals surface area contributed by atoms with Crippen LogP contribution in [-0.2, 0) is 0 Å². The summed E-state index contributed by atoms with van der Waals surface area (Å²) in [6.07, 6.45) is 0. The van der Waals surface area contributed by atoms with Crippen molar-refractivity contribution >= 4 is 46.7 Å². The fourth-order valence-corrected chi connectivity index (χ4v) is 1.79. The highest BCUT2D eigenvalue weighted by atomic mass is 35.5. The van der Waals surface area contributed by atoms with Crippen molar-refractivity contribution < 1.29 is 0 Å². The van der Waals surface area contributed by atoms with Gasteiger partial charge in [0.1, 0.15) is 0 Å². The van der Waals surface area contributed by atoms with E-state index in [1.54, 1.807) is 12.1 Å². The van der Waals surface area contributed by atoms with E-state index in [1.807, 2.05) is 0 Å². The predicted octanol–water partition coefficient (Wildman–Crippen LogP) is 3.39. The number of halogens is 2. The van der Waals surface area contributed by atoms with Gasteiger partial charge < -0.3 is 9.44 Å². The molecule has 0 saturated carbocycles. The fourth-order valence-electron chi connectivity index (χ4n) is 0.851. The first-order valence-electron chi connectivity index (χ1n) is 2.94. The van der Waals surface area contributed by atoms with Crippen molar-refractivity contribution in [2.45, 2.75) is 0 Å². The number of anilines is 2. The fraction of sp³-hybridized carbons (Fsp3) is 0. The minimum Gasteiger partial charge on any atom is -0.310 e. The highest BCUT2D eigenvalue weighted by molar-refractivity contribution is 8.02. The zero-order valence-corrected chi connectivity index (χ0v) is 7.65. The number of nitrogens with one attached hydrogen (secondary N) is 2. The van der Waals surface area contributed by atoms with Gasteiger partial charge in [0.15, 0.2) is 0 Å². The van der Waals surface area contributed by atoms with Gasteiger partial charge in [-0.05, 0) is 12.1 Å². The van der Waals surface area contributed by atoms with Crippen LogP contribution < -0.4 is 9.44 Å². The molecule has 0 radical (unpaired) electrons. The molecule has 0 amide bonds. The van der Waals surface area contributed by atoms with Gasteiger partial charge in [-0.3, -0.25) is 0 Å². The highest BCUT2D eigenvalue weighted by Crippen LogP contribution is 2.38. The molecule has 11 heavy (non-hydrogen) atoms. The Hall–Kier alpha value is -0.250. The second kappa shape index (κ2) is 2.66. The zero-order chi connectivity index (χ0) is 7.84. The Labute approximate surface area is 78.5 Å². The van der Waals surface area contributed by atoms with Gasteiger partial charge in [0.25, 0.3) is 0 Å². The average molecular weight is 207 g/mol. The molecule has 1 aliphatic rings. The van der Waals surface area contributed by atoms with E-state index >= 15 is 0 Å². The molecule has 0 fully saturated rings. The first kappa shape index (κ1) is 7.40. The van der Waals surface area contributed by atoms with E-state index in [0.29, 0.717) is 10.0 Å². The lowest BCUT2D eigenvalue weighted by Gasteiger charge is -1.99. The monoisotopic (exact) mass is 206 g/mol. The Morgan fingerprint density at radius 1 is 1.00 bits per heavy atom. The Kier molecular flexibility index (Phi) is 1.79. The van der Waals surface area contributed by atoms with Crippen molar-refractivity contribution in [3.63, 3.8) is 0 Å². The number of fused-ring (bicyclic) bond motifs is 1. The summed E-state index contributed by atoms with van der Waals surface area (Å²) in [6, 6.07) is 3.60. The third-order valence-corrected chi connectivity index (χ3v) is 2.75. The van der Waals surface area contributed by atoms with Crippen LogP contribution in [0.4, 0.5) is 11.4 Å². The van der Waals surface area contributed by atoms with Crippen molar-refractivity contribution in [3.8, 4) is 0 Å². The molecule has 0 atom stereocenters. The van der Waals surface area contributed by atoms with Crippen LogP contribution in [0, 0.1) is 0 Å². The lowest BCUT2D eigenvalue weighted by Crippen LogP contribution is -1.77. The van der Waals surface area contributed by atoms with Crippen LogP contribution in [-0.4, -0.2) is 0 Å². The Balaban J connectivity index is 2.57. The third-order valence-electron chi connectivity index (χ3n) is 1.38. The quantitative estimate of drug-likeness (QED) is 0.637. The lowest BCUT2D eigenvalue weighted by molar-refractivity contribution is 1.69. The number of rotatable bonds is 0. The van der Waals surface area contributed by atoms with Crippen LogP contribution in [0.5, 0.6) is 0 Å². The standard InChI is InChI=1S/C6H4Cl2N2S/c7-3-1-5-6(2-4(3)8)10-11-9-5/h1-2,9-10H. The second-order valence-corrected chi connectivity index (χ2v) is 3.54. The Morgan fingerprint density at radius 3 is 1.91 bits per heavy atom. The van der Waals surface area contributed by atoms with E-state index in [4.69, 9.17) is 23.2 Å². The largest absolute Gasteiger partial charge is 0.310 e. The molecule has 0 bridgehead atoms. The molecular formula is C6H4Cl2N2S. The van der Waals surface area contributed by atoms with Gasteiger partial charge in [-0.2, -0.15) is 0 Å². The van der Waals surface area contributed by atoms with Crippen molar-refractivity contribution in [1.29, 1.82) is 0 Å². The predicted molar refractivity (Wildman–Crippen MR) is 51.3 cm³/mol. The maximum absolute atomic E-state index is 5.78. The van der Waals surface area contributed by atoms with E-state index < -0.39 is 0 Å². The summed E-state index contributed by atoms with van der Waals surface area (Å²) >= 11 is 13.0. The molecule has 2 rings (SSSR count). The summed E-state index contributed by atoms with van der Waals surface area (Å²) in [4.78, 5) is 0. The van der Waals surface area contributed by atoms with E-state index in [0.717, 1.165) is 11.4 Å². The number of benzene rings is 1. The summed E-state index contributed by atoms with van der Waals surface area (Å²) in [5.41, 5.74) is 1.95. The average Bonchev–Trinajstić information content (AvgIpc) is 2.36. The molecule has 0 unspecified atom stereocenters. The van der Waals surface area contributed by atoms with Crippen LogP contribution in [0.15, 0.2) is 12.1 Å². The van der Waals surface area contributed by atoms with Crippen molar-refractivity contribution in [2.75, 3.05) is 9.44 Å². The molecular weight excluding hydrogens is 203 g/mol. The molecule has 5 heteroatoms. The molecule has 0 saturated heterocycles. The van der Waals surface area contributed by atoms with Crippen LogP contribution in [0.3, 0.4) is 0 Å². The van der Waals surface area contributed by atoms with Gasteiger partial charge >= 0.3 is 0 Å². The van der Waals surface area contributed by atoms with Crippen LogP contribution in [0.25, 0.3) is 0 Å². The molecule has 1 aromatic rings. The lowest BCUT2D eigenvalue weighted by atomic mass is 10.3. The van der Waals surface area contributed by atoms with Crippen LogP contribution in [0.1, 0.15) is 0 Å². The number of hydrogen-bond acceptors (Lipinski definition) is 3. The van der Waals surface area contributed by atoms with Crippen molar-refractivity contribution in [3.05, 3.63) is 22.2 Å². The van der Waals surface area contributed by atoms with Gasteiger partial charge in [-0.15, -0.1) is 0 Å². The minimum absolute atomic E-state index is 0.571. The molecule has 1 aliphatic heterocycles. The first-order valence-corrected chi connectivity index (χ1v) is 4.51. The molecule has 0 aromatic heterocycles. The zero-order valence-electron chi connectivity index (χ0n) is 5.32. The van der Waals surface area contributed by atoms with Crippen molar-refractivity contribution in [2.24, 2.45) is 0 Å². The molecule has 1 aromatic carbocycles. The van der Waals surface area contributed by atoms with E-state index in [-0.39, 0.29) is 0 Å². The SMILES string of the molecule is Clc1cc2c(cc1Cl)NSN2. The van der Waals surface area contributed by atoms with Crippen LogP contribution in [0.2, 0.25) is 10.0 Å². The van der Waals surface area contributed by atoms with E-state index in [2.05, 4.69) is 9.44 Å². The summed E-state index contributed by atoms with van der Waals surface area (Å²) in [7, 11) is 0. The topological polar surface area (TPSA) is 24.1 Å². The van der Waals surface area contributed by atoms with Gasteiger partial charge in [0.05, 0.1) is 33.6 Å². The molecule has 0 aliphatic carbocycles. The normalized spacial score (nSPS) is 13.6. The molecule has 0 spiro atoms. The maximum atomic E-state index is 5.78. The first-order chi connectivity index (χ1) is 5.27. The van der Waals surface area contributed by atoms with Crippen molar-refractivity contribution in [1.82, 2.24) is 0 Å². The van der Waals surface area contributed by atoms with Gasteiger partial charge in [-0.1, -0.05) is 23.2 Å². The van der Waals surface area contributed by atoms with Gasteiger partial charge in [0.2, 0.25) is 0 Å². The molecule has 1 heterocycles. The number of hydrogen-bond donors (Lipinski definition) is 2. The van der Waals surface area contributed by atoms with Crippen LogP contribution >= 0.6 is 35.3 Å². The molecule has 2 N–H and O–H groups in total. The Bertz CT molecular complexity index is 274. The summed E-state index contributed by atoms with van der Waals surface area (Å²) in [5.74, 6) is 0. The molecule has 58 valence electrons. The Morgan fingerprint density at radius 2 is 1.45 bits per heavy atom.